The van der Waals surface area contributed by atoms with Gasteiger partial charge in [0.2, 0.25) is 0 Å². The molecular weight excluding hydrogens is 214 g/mol. The number of halogens is 1. The topological polar surface area (TPSA) is 12.0 Å². The van der Waals surface area contributed by atoms with Crippen molar-refractivity contribution in [3.63, 3.8) is 0 Å². The number of aryl methyl sites for hydroxylation is 1. The Balaban J connectivity index is 2.26. The van der Waals surface area contributed by atoms with Crippen LogP contribution < -0.4 is 5.32 Å². The normalized spacial score (nSPS) is 22.2. The summed E-state index contributed by atoms with van der Waals surface area (Å²) in [5.41, 5.74) is 2.75. The highest BCUT2D eigenvalue weighted by molar-refractivity contribution is 9.09. The molecule has 1 aromatic carbocycles. The van der Waals surface area contributed by atoms with Crippen molar-refractivity contribution in [3.05, 3.63) is 29.8 Å². The first kappa shape index (κ1) is 8.11. The van der Waals surface area contributed by atoms with E-state index in [-0.39, 0.29) is 0 Å². The number of anilines is 1. The summed E-state index contributed by atoms with van der Waals surface area (Å²) >= 11 is 3.63. The van der Waals surface area contributed by atoms with Crippen molar-refractivity contribution in [3.8, 4) is 0 Å². The van der Waals surface area contributed by atoms with E-state index in [0.29, 0.717) is 4.83 Å². The van der Waals surface area contributed by atoms with Gasteiger partial charge in [0.1, 0.15) is 0 Å². The van der Waals surface area contributed by atoms with Gasteiger partial charge < -0.3 is 5.32 Å². The molecule has 1 aromatic rings. The maximum absolute atomic E-state index is 3.63. The Morgan fingerprint density at radius 3 is 3.08 bits per heavy atom. The molecule has 0 fully saturated rings. The van der Waals surface area contributed by atoms with Crippen LogP contribution in [-0.2, 0) is 6.42 Å². The van der Waals surface area contributed by atoms with Crippen molar-refractivity contribution in [2.24, 2.45) is 0 Å². The molecule has 64 valence electrons. The van der Waals surface area contributed by atoms with Gasteiger partial charge in [-0.3, -0.25) is 0 Å². The summed E-state index contributed by atoms with van der Waals surface area (Å²) in [6.45, 7) is 1.04. The van der Waals surface area contributed by atoms with Crippen LogP contribution in [0, 0.1) is 0 Å². The van der Waals surface area contributed by atoms with Gasteiger partial charge in [-0.05, 0) is 24.5 Å². The van der Waals surface area contributed by atoms with Gasteiger partial charge in [0.15, 0.2) is 0 Å². The molecule has 0 spiro atoms. The highest BCUT2D eigenvalue weighted by Gasteiger charge is 2.11. The number of fused-ring (bicyclic) bond motifs is 1. The van der Waals surface area contributed by atoms with E-state index in [1.807, 2.05) is 0 Å². The van der Waals surface area contributed by atoms with Crippen LogP contribution in [0.5, 0.6) is 0 Å². The van der Waals surface area contributed by atoms with Crippen molar-refractivity contribution in [1.82, 2.24) is 0 Å². The number of hydrogen-bond donors (Lipinski definition) is 1. The smallest absolute Gasteiger partial charge is 0.0373 e. The van der Waals surface area contributed by atoms with E-state index in [9.17, 15) is 0 Å². The molecule has 0 aliphatic carbocycles. The average molecular weight is 226 g/mol. The largest absolute Gasteiger partial charge is 0.384 e. The molecule has 1 unspecified atom stereocenters. The molecule has 0 saturated heterocycles. The van der Waals surface area contributed by atoms with E-state index >= 15 is 0 Å². The summed E-state index contributed by atoms with van der Waals surface area (Å²) in [4.78, 5) is 0.616. The summed E-state index contributed by atoms with van der Waals surface area (Å²) in [7, 11) is 0. The van der Waals surface area contributed by atoms with Crippen LogP contribution in [0.1, 0.15) is 12.0 Å². The Bertz CT molecular complexity index is 245. The fraction of sp³-hybridized carbons (Fsp3) is 0.400. The minimum absolute atomic E-state index is 0.616. The van der Waals surface area contributed by atoms with Crippen molar-refractivity contribution in [2.75, 3.05) is 11.9 Å². The third-order valence-corrected chi connectivity index (χ3v) is 3.04. The fourth-order valence-electron chi connectivity index (χ4n) is 1.55. The summed E-state index contributed by atoms with van der Waals surface area (Å²) in [5, 5.41) is 3.43. The highest BCUT2D eigenvalue weighted by Crippen LogP contribution is 2.23. The van der Waals surface area contributed by atoms with E-state index in [4.69, 9.17) is 0 Å². The lowest BCUT2D eigenvalue weighted by molar-refractivity contribution is 0.815. The molecule has 0 saturated carbocycles. The minimum Gasteiger partial charge on any atom is -0.384 e. The number of para-hydroxylation sites is 1. The molecular formula is C10H12BrN. The Morgan fingerprint density at radius 1 is 1.33 bits per heavy atom. The molecule has 0 radical (unpaired) electrons. The third kappa shape index (κ3) is 1.63. The SMILES string of the molecule is BrC1CCc2ccccc2NC1. The molecule has 1 nitrogen and oxygen atoms in total. The number of nitrogens with one attached hydrogen (secondary N) is 1. The number of rotatable bonds is 0. The van der Waals surface area contributed by atoms with Crippen molar-refractivity contribution >= 4 is 21.6 Å². The summed E-state index contributed by atoms with van der Waals surface area (Å²) in [5.74, 6) is 0. The van der Waals surface area contributed by atoms with Gasteiger partial charge in [-0.2, -0.15) is 0 Å². The van der Waals surface area contributed by atoms with Gasteiger partial charge >= 0.3 is 0 Å². The average Bonchev–Trinajstić information content (AvgIpc) is 2.29. The maximum Gasteiger partial charge on any atom is 0.0373 e. The number of benzene rings is 1. The van der Waals surface area contributed by atoms with Gasteiger partial charge in [0.25, 0.3) is 0 Å². The molecule has 2 rings (SSSR count). The van der Waals surface area contributed by atoms with E-state index in [2.05, 4.69) is 45.5 Å². The first-order valence-corrected chi connectivity index (χ1v) is 5.23. The highest BCUT2D eigenvalue weighted by atomic mass is 79.9. The summed E-state index contributed by atoms with van der Waals surface area (Å²) < 4.78 is 0. The molecule has 0 aromatic heterocycles. The molecule has 1 aliphatic heterocycles. The lowest BCUT2D eigenvalue weighted by Gasteiger charge is -2.06. The lowest BCUT2D eigenvalue weighted by Crippen LogP contribution is -2.10. The predicted molar refractivity (Wildman–Crippen MR) is 56.0 cm³/mol. The molecule has 1 atom stereocenters. The van der Waals surface area contributed by atoms with Crippen LogP contribution in [0.3, 0.4) is 0 Å². The molecule has 1 aliphatic rings. The Morgan fingerprint density at radius 2 is 2.17 bits per heavy atom. The monoisotopic (exact) mass is 225 g/mol. The Kier molecular flexibility index (Phi) is 2.35. The molecule has 2 heteroatoms. The summed E-state index contributed by atoms with van der Waals surface area (Å²) in [6, 6.07) is 8.54. The zero-order valence-corrected chi connectivity index (χ0v) is 8.47. The number of hydrogen-bond acceptors (Lipinski definition) is 1. The Labute approximate surface area is 81.3 Å². The van der Waals surface area contributed by atoms with Crippen molar-refractivity contribution < 1.29 is 0 Å². The second kappa shape index (κ2) is 3.48. The number of alkyl halides is 1. The zero-order valence-electron chi connectivity index (χ0n) is 6.89. The fourth-order valence-corrected chi connectivity index (χ4v) is 1.94. The van der Waals surface area contributed by atoms with Crippen molar-refractivity contribution in [1.29, 1.82) is 0 Å². The lowest BCUT2D eigenvalue weighted by atomic mass is 10.1. The van der Waals surface area contributed by atoms with E-state index in [1.165, 1.54) is 24.1 Å². The Hall–Kier alpha value is -0.500. The molecule has 1 heterocycles. The van der Waals surface area contributed by atoms with E-state index in [0.717, 1.165) is 6.54 Å². The van der Waals surface area contributed by atoms with E-state index in [1.54, 1.807) is 0 Å². The maximum atomic E-state index is 3.63. The molecule has 1 N–H and O–H groups in total. The quantitative estimate of drug-likeness (QED) is 0.670. The first-order chi connectivity index (χ1) is 5.86. The minimum atomic E-state index is 0.616. The second-order valence-corrected chi connectivity index (χ2v) is 4.47. The second-order valence-electron chi connectivity index (χ2n) is 3.17. The standard InChI is InChI=1S/C10H12BrN/c11-9-6-5-8-3-1-2-4-10(8)12-7-9/h1-4,9,12H,5-7H2. The van der Waals surface area contributed by atoms with E-state index < -0.39 is 0 Å². The first-order valence-electron chi connectivity index (χ1n) is 4.32. The zero-order chi connectivity index (χ0) is 8.39. The van der Waals surface area contributed by atoms with Gasteiger partial charge in [-0.1, -0.05) is 34.1 Å². The molecule has 12 heavy (non-hydrogen) atoms. The molecule has 0 amide bonds. The van der Waals surface area contributed by atoms with Crippen LogP contribution >= 0.6 is 15.9 Å². The van der Waals surface area contributed by atoms with Crippen LogP contribution in [0.4, 0.5) is 5.69 Å². The van der Waals surface area contributed by atoms with Gasteiger partial charge in [-0.15, -0.1) is 0 Å². The third-order valence-electron chi connectivity index (χ3n) is 2.26. The molecule has 0 bridgehead atoms. The van der Waals surface area contributed by atoms with Gasteiger partial charge in [0, 0.05) is 17.1 Å². The van der Waals surface area contributed by atoms with Crippen LogP contribution in [0.25, 0.3) is 0 Å². The van der Waals surface area contributed by atoms with Gasteiger partial charge in [0.05, 0.1) is 0 Å². The predicted octanol–water partition coefficient (Wildman–Crippen LogP) is 2.81. The van der Waals surface area contributed by atoms with Crippen LogP contribution in [0.2, 0.25) is 0 Å². The van der Waals surface area contributed by atoms with Crippen LogP contribution in [0.15, 0.2) is 24.3 Å². The van der Waals surface area contributed by atoms with Gasteiger partial charge in [-0.25, -0.2) is 0 Å². The van der Waals surface area contributed by atoms with Crippen molar-refractivity contribution in [2.45, 2.75) is 17.7 Å². The summed E-state index contributed by atoms with van der Waals surface area (Å²) in [6.07, 6.45) is 2.41. The van der Waals surface area contributed by atoms with Crippen LogP contribution in [-0.4, -0.2) is 11.4 Å².